The normalized spacial score (nSPS) is 10.3. The summed E-state index contributed by atoms with van der Waals surface area (Å²) in [6.07, 6.45) is 0. The van der Waals surface area contributed by atoms with Gasteiger partial charge >= 0.3 is 0 Å². The number of hydrogen-bond acceptors (Lipinski definition) is 6. The number of nitro groups is 1. The molecule has 0 aliphatic heterocycles. The van der Waals surface area contributed by atoms with Crippen LogP contribution in [-0.4, -0.2) is 34.2 Å². The van der Waals surface area contributed by atoms with Crippen molar-refractivity contribution in [3.05, 3.63) is 81.9 Å². The Labute approximate surface area is 161 Å². The van der Waals surface area contributed by atoms with Gasteiger partial charge in [-0.3, -0.25) is 14.9 Å². The third kappa shape index (κ3) is 4.67. The van der Waals surface area contributed by atoms with E-state index in [1.165, 1.54) is 6.07 Å². The highest BCUT2D eigenvalue weighted by Crippen LogP contribution is 2.19. The van der Waals surface area contributed by atoms with E-state index in [9.17, 15) is 14.9 Å². The van der Waals surface area contributed by atoms with Gasteiger partial charge in [0.25, 0.3) is 11.6 Å². The van der Waals surface area contributed by atoms with Gasteiger partial charge in [-0.2, -0.15) is 0 Å². The summed E-state index contributed by atoms with van der Waals surface area (Å²) in [4.78, 5) is 22.6. The zero-order valence-electron chi connectivity index (χ0n) is 15.2. The first-order valence-electron chi connectivity index (χ1n) is 8.60. The van der Waals surface area contributed by atoms with Crippen molar-refractivity contribution in [3.63, 3.8) is 0 Å². The summed E-state index contributed by atoms with van der Waals surface area (Å²) >= 11 is 0. The first kappa shape index (κ1) is 19.0. The van der Waals surface area contributed by atoms with Crippen LogP contribution in [0.2, 0.25) is 0 Å². The molecule has 142 valence electrons. The minimum atomic E-state index is -0.507. The second-order valence-corrected chi connectivity index (χ2v) is 5.99. The van der Waals surface area contributed by atoms with E-state index in [2.05, 4.69) is 15.5 Å². The van der Waals surface area contributed by atoms with Crippen molar-refractivity contribution in [2.24, 2.45) is 0 Å². The average molecular weight is 378 g/mol. The standard InChI is InChI=1S/C20H18N4O4/c1-14-7-8-16(13-18(14)24(26)27)20(25)21-11-12-28-19-10-9-17(22-23-19)15-5-3-2-4-6-15/h2-10,13H,11-12H2,1H3,(H,21,25). The molecule has 0 aliphatic rings. The summed E-state index contributed by atoms with van der Waals surface area (Å²) in [6.45, 7) is 2.04. The molecule has 0 radical (unpaired) electrons. The fraction of sp³-hybridized carbons (Fsp3) is 0.150. The van der Waals surface area contributed by atoms with Crippen LogP contribution >= 0.6 is 0 Å². The molecular weight excluding hydrogens is 360 g/mol. The van der Waals surface area contributed by atoms with E-state index >= 15 is 0 Å². The van der Waals surface area contributed by atoms with Gasteiger partial charge in [-0.25, -0.2) is 0 Å². The smallest absolute Gasteiger partial charge is 0.273 e. The van der Waals surface area contributed by atoms with E-state index in [0.717, 1.165) is 11.3 Å². The fourth-order valence-electron chi connectivity index (χ4n) is 2.53. The van der Waals surface area contributed by atoms with Crippen LogP contribution < -0.4 is 10.1 Å². The van der Waals surface area contributed by atoms with Crippen molar-refractivity contribution in [1.82, 2.24) is 15.5 Å². The van der Waals surface area contributed by atoms with Crippen molar-refractivity contribution in [1.29, 1.82) is 0 Å². The molecule has 0 aliphatic carbocycles. The Hall–Kier alpha value is -3.81. The molecule has 1 N–H and O–H groups in total. The summed E-state index contributed by atoms with van der Waals surface area (Å²) in [5.41, 5.74) is 2.34. The zero-order valence-corrected chi connectivity index (χ0v) is 15.2. The molecule has 1 amide bonds. The summed E-state index contributed by atoms with van der Waals surface area (Å²) in [7, 11) is 0. The van der Waals surface area contributed by atoms with Crippen molar-refractivity contribution in [2.45, 2.75) is 6.92 Å². The van der Waals surface area contributed by atoms with Crippen molar-refractivity contribution >= 4 is 11.6 Å². The molecule has 0 atom stereocenters. The highest BCUT2D eigenvalue weighted by molar-refractivity contribution is 5.94. The molecular formula is C20H18N4O4. The molecule has 1 aromatic heterocycles. The molecule has 0 bridgehead atoms. The quantitative estimate of drug-likeness (QED) is 0.384. The lowest BCUT2D eigenvalue weighted by Gasteiger charge is -2.08. The van der Waals surface area contributed by atoms with E-state index in [-0.39, 0.29) is 24.4 Å². The Morgan fingerprint density at radius 2 is 1.89 bits per heavy atom. The number of ether oxygens (including phenoxy) is 1. The number of amides is 1. The number of nitro benzene ring substituents is 1. The van der Waals surface area contributed by atoms with Crippen molar-refractivity contribution in [3.8, 4) is 17.1 Å². The number of carbonyl (C=O) groups is 1. The number of aromatic nitrogens is 2. The third-order valence-electron chi connectivity index (χ3n) is 4.02. The predicted molar refractivity (Wildman–Crippen MR) is 103 cm³/mol. The lowest BCUT2D eigenvalue weighted by atomic mass is 10.1. The Kier molecular flexibility index (Phi) is 5.91. The number of rotatable bonds is 7. The van der Waals surface area contributed by atoms with Crippen molar-refractivity contribution in [2.75, 3.05) is 13.2 Å². The SMILES string of the molecule is Cc1ccc(C(=O)NCCOc2ccc(-c3ccccc3)nn2)cc1[N+](=O)[O-]. The first-order chi connectivity index (χ1) is 13.5. The maximum Gasteiger partial charge on any atom is 0.273 e. The fourth-order valence-corrected chi connectivity index (χ4v) is 2.53. The Balaban J connectivity index is 1.50. The van der Waals surface area contributed by atoms with Gasteiger partial charge in [0, 0.05) is 28.8 Å². The van der Waals surface area contributed by atoms with Crippen LogP contribution in [0.1, 0.15) is 15.9 Å². The Bertz CT molecular complexity index is 975. The minimum absolute atomic E-state index is 0.0855. The maximum absolute atomic E-state index is 12.1. The van der Waals surface area contributed by atoms with E-state index in [4.69, 9.17) is 4.74 Å². The molecule has 2 aromatic carbocycles. The number of nitrogens with one attached hydrogen (secondary N) is 1. The zero-order chi connectivity index (χ0) is 19.9. The molecule has 3 aromatic rings. The molecule has 1 heterocycles. The first-order valence-corrected chi connectivity index (χ1v) is 8.60. The largest absolute Gasteiger partial charge is 0.475 e. The average Bonchev–Trinajstić information content (AvgIpc) is 2.72. The number of benzene rings is 2. The van der Waals surface area contributed by atoms with Gasteiger partial charge in [-0.15, -0.1) is 10.2 Å². The van der Waals surface area contributed by atoms with Gasteiger partial charge in [0.05, 0.1) is 17.2 Å². The Morgan fingerprint density at radius 1 is 1.11 bits per heavy atom. The maximum atomic E-state index is 12.1. The Morgan fingerprint density at radius 3 is 2.57 bits per heavy atom. The van der Waals surface area contributed by atoms with E-state index in [0.29, 0.717) is 11.4 Å². The lowest BCUT2D eigenvalue weighted by Crippen LogP contribution is -2.28. The number of nitrogens with zero attached hydrogens (tertiary/aromatic N) is 3. The molecule has 0 saturated carbocycles. The molecule has 3 rings (SSSR count). The molecule has 28 heavy (non-hydrogen) atoms. The van der Waals surface area contributed by atoms with Gasteiger partial charge in [0.2, 0.25) is 5.88 Å². The second kappa shape index (κ2) is 8.72. The molecule has 8 heteroatoms. The second-order valence-electron chi connectivity index (χ2n) is 5.99. The number of carbonyl (C=O) groups excluding carboxylic acids is 1. The molecule has 0 fully saturated rings. The monoisotopic (exact) mass is 378 g/mol. The van der Waals surface area contributed by atoms with Gasteiger partial charge in [0.1, 0.15) is 6.61 Å². The van der Waals surface area contributed by atoms with E-state index in [1.807, 2.05) is 36.4 Å². The third-order valence-corrected chi connectivity index (χ3v) is 4.02. The minimum Gasteiger partial charge on any atom is -0.475 e. The lowest BCUT2D eigenvalue weighted by molar-refractivity contribution is -0.385. The van der Waals surface area contributed by atoms with Gasteiger partial charge in [-0.05, 0) is 19.1 Å². The van der Waals surface area contributed by atoms with Gasteiger partial charge in [-0.1, -0.05) is 36.4 Å². The van der Waals surface area contributed by atoms with Gasteiger partial charge < -0.3 is 10.1 Å². The molecule has 0 spiro atoms. The van der Waals surface area contributed by atoms with Crippen LogP contribution in [0.15, 0.2) is 60.7 Å². The summed E-state index contributed by atoms with van der Waals surface area (Å²) in [5, 5.41) is 21.8. The topological polar surface area (TPSA) is 107 Å². The molecule has 0 unspecified atom stereocenters. The highest BCUT2D eigenvalue weighted by atomic mass is 16.6. The van der Waals surface area contributed by atoms with E-state index < -0.39 is 10.8 Å². The highest BCUT2D eigenvalue weighted by Gasteiger charge is 2.14. The molecule has 0 saturated heterocycles. The summed E-state index contributed by atoms with van der Waals surface area (Å²) < 4.78 is 5.47. The number of hydrogen-bond donors (Lipinski definition) is 1. The summed E-state index contributed by atoms with van der Waals surface area (Å²) in [5.74, 6) is -0.0582. The van der Waals surface area contributed by atoms with Gasteiger partial charge in [0.15, 0.2) is 0 Å². The van der Waals surface area contributed by atoms with Crippen LogP contribution in [0.25, 0.3) is 11.3 Å². The van der Waals surface area contributed by atoms with Crippen LogP contribution in [0.3, 0.4) is 0 Å². The van der Waals surface area contributed by atoms with Crippen LogP contribution in [-0.2, 0) is 0 Å². The predicted octanol–water partition coefficient (Wildman–Crippen LogP) is 3.17. The molecule has 8 nitrogen and oxygen atoms in total. The number of aryl methyl sites for hydroxylation is 1. The van der Waals surface area contributed by atoms with Crippen LogP contribution in [0, 0.1) is 17.0 Å². The summed E-state index contributed by atoms with van der Waals surface area (Å²) in [6, 6.07) is 17.5. The van der Waals surface area contributed by atoms with Crippen molar-refractivity contribution < 1.29 is 14.5 Å². The van der Waals surface area contributed by atoms with E-state index in [1.54, 1.807) is 25.1 Å². The van der Waals surface area contributed by atoms with Crippen LogP contribution in [0.4, 0.5) is 5.69 Å². The van der Waals surface area contributed by atoms with Crippen LogP contribution in [0.5, 0.6) is 5.88 Å².